The van der Waals surface area contributed by atoms with E-state index in [-0.39, 0.29) is 30.4 Å². The summed E-state index contributed by atoms with van der Waals surface area (Å²) in [5, 5.41) is 14.6. The Kier molecular flexibility index (Phi) is 7.53. The second kappa shape index (κ2) is 8.89. The molecule has 1 rings (SSSR count). The molecule has 0 heterocycles. The van der Waals surface area contributed by atoms with Crippen LogP contribution in [0.4, 0.5) is 9.18 Å². The maximum atomic E-state index is 13.2. The molecule has 21 heavy (non-hydrogen) atoms. The molecule has 0 saturated carbocycles. The Morgan fingerprint density at radius 3 is 2.71 bits per heavy atom. The molecule has 2 amide bonds. The van der Waals surface area contributed by atoms with Gasteiger partial charge >= 0.3 is 6.03 Å². The molecule has 0 fully saturated rings. The molecule has 2 atom stereocenters. The van der Waals surface area contributed by atoms with E-state index in [1.165, 1.54) is 12.1 Å². The van der Waals surface area contributed by atoms with Crippen molar-refractivity contribution in [3.8, 4) is 0 Å². The summed E-state index contributed by atoms with van der Waals surface area (Å²) in [7, 11) is 0. The Labute approximate surface area is 129 Å². The first-order valence-electron chi connectivity index (χ1n) is 6.89. The molecule has 0 aliphatic carbocycles. The van der Waals surface area contributed by atoms with Crippen molar-refractivity contribution >= 4 is 17.8 Å². The summed E-state index contributed by atoms with van der Waals surface area (Å²) < 4.78 is 13.2. The van der Waals surface area contributed by atoms with Gasteiger partial charge in [0, 0.05) is 24.9 Å². The van der Waals surface area contributed by atoms with Crippen LogP contribution >= 0.6 is 11.8 Å². The van der Waals surface area contributed by atoms with Crippen molar-refractivity contribution in [2.75, 3.05) is 12.9 Å². The molecular weight excluding hydrogens is 291 g/mol. The minimum absolute atomic E-state index is 0.00590. The third kappa shape index (κ3) is 5.93. The van der Waals surface area contributed by atoms with E-state index in [1.807, 2.05) is 20.1 Å². The first-order valence-corrected chi connectivity index (χ1v) is 8.28. The fraction of sp³-hybridized carbons (Fsp3) is 0.533. The van der Waals surface area contributed by atoms with Gasteiger partial charge in [-0.2, -0.15) is 11.8 Å². The molecule has 0 aliphatic rings. The maximum Gasteiger partial charge on any atom is 0.315 e. The van der Waals surface area contributed by atoms with Gasteiger partial charge in [0.05, 0.1) is 0 Å². The highest BCUT2D eigenvalue weighted by molar-refractivity contribution is 7.97. The van der Waals surface area contributed by atoms with E-state index in [1.54, 1.807) is 17.8 Å². The van der Waals surface area contributed by atoms with Crippen molar-refractivity contribution in [1.82, 2.24) is 10.6 Å². The fourth-order valence-corrected chi connectivity index (χ4v) is 2.37. The lowest BCUT2D eigenvalue weighted by atomic mass is 10.1. The zero-order chi connectivity index (χ0) is 15.8. The van der Waals surface area contributed by atoms with Crippen molar-refractivity contribution in [1.29, 1.82) is 0 Å². The van der Waals surface area contributed by atoms with E-state index in [9.17, 15) is 9.18 Å². The number of benzene rings is 1. The average molecular weight is 314 g/mol. The molecule has 0 radical (unpaired) electrons. The van der Waals surface area contributed by atoms with Crippen LogP contribution in [-0.2, 0) is 12.3 Å². The summed E-state index contributed by atoms with van der Waals surface area (Å²) in [4.78, 5) is 11.8. The summed E-state index contributed by atoms with van der Waals surface area (Å²) in [5.74, 6) is 0.431. The molecule has 3 N–H and O–H groups in total. The number of amides is 2. The van der Waals surface area contributed by atoms with E-state index in [0.717, 1.165) is 11.1 Å². The molecular formula is C15H23FN2O2S. The third-order valence-corrected chi connectivity index (χ3v) is 4.01. The number of urea groups is 1. The van der Waals surface area contributed by atoms with Crippen LogP contribution < -0.4 is 10.6 Å². The van der Waals surface area contributed by atoms with Gasteiger partial charge in [0.2, 0.25) is 0 Å². The van der Waals surface area contributed by atoms with Gasteiger partial charge in [0.15, 0.2) is 0 Å². The normalized spacial score (nSPS) is 13.6. The zero-order valence-electron chi connectivity index (χ0n) is 12.6. The standard InChI is InChI=1S/C15H23FN2O2S/c1-10(8-19)11(2)18-15(20)17-7-12-4-5-14(16)6-13(12)9-21-3/h4-6,10-11,19H,7-9H2,1-3H3,(H2,17,18,20). The fourth-order valence-electron chi connectivity index (χ4n) is 1.79. The molecule has 0 aliphatic heterocycles. The second-order valence-corrected chi connectivity index (χ2v) is 5.99. The molecule has 0 bridgehead atoms. The molecule has 0 aromatic heterocycles. The molecule has 1 aromatic carbocycles. The number of nitrogens with one attached hydrogen (secondary N) is 2. The highest BCUT2D eigenvalue weighted by Gasteiger charge is 2.14. The van der Waals surface area contributed by atoms with Crippen LogP contribution in [0.5, 0.6) is 0 Å². The summed E-state index contributed by atoms with van der Waals surface area (Å²) >= 11 is 1.61. The number of hydrogen-bond donors (Lipinski definition) is 3. The van der Waals surface area contributed by atoms with Crippen LogP contribution in [0.15, 0.2) is 18.2 Å². The number of carbonyl (C=O) groups is 1. The van der Waals surface area contributed by atoms with Crippen molar-refractivity contribution in [3.05, 3.63) is 35.1 Å². The summed E-state index contributed by atoms with van der Waals surface area (Å²) in [5.41, 5.74) is 1.79. The van der Waals surface area contributed by atoms with Crippen LogP contribution in [0.1, 0.15) is 25.0 Å². The van der Waals surface area contributed by atoms with Gasteiger partial charge in [-0.1, -0.05) is 13.0 Å². The van der Waals surface area contributed by atoms with Crippen molar-refractivity contribution in [2.45, 2.75) is 32.2 Å². The Hall–Kier alpha value is -1.27. The van der Waals surface area contributed by atoms with Gasteiger partial charge in [-0.15, -0.1) is 0 Å². The Bertz CT molecular complexity index is 471. The Balaban J connectivity index is 2.56. The lowest BCUT2D eigenvalue weighted by Gasteiger charge is -2.19. The summed E-state index contributed by atoms with van der Waals surface area (Å²) in [6.45, 7) is 4.08. The van der Waals surface area contributed by atoms with Gasteiger partial charge < -0.3 is 15.7 Å². The van der Waals surface area contributed by atoms with Crippen molar-refractivity contribution < 1.29 is 14.3 Å². The van der Waals surface area contributed by atoms with Gasteiger partial charge in [-0.05, 0) is 42.4 Å². The number of halogens is 1. The van der Waals surface area contributed by atoms with Crippen LogP contribution in [0.25, 0.3) is 0 Å². The molecule has 1 aromatic rings. The number of hydrogen-bond acceptors (Lipinski definition) is 3. The third-order valence-electron chi connectivity index (χ3n) is 3.41. The van der Waals surface area contributed by atoms with E-state index >= 15 is 0 Å². The molecule has 4 nitrogen and oxygen atoms in total. The number of carbonyl (C=O) groups excluding carboxylic acids is 1. The molecule has 6 heteroatoms. The molecule has 118 valence electrons. The van der Waals surface area contributed by atoms with Crippen LogP contribution in [0.2, 0.25) is 0 Å². The first kappa shape index (κ1) is 17.8. The smallest absolute Gasteiger partial charge is 0.315 e. The average Bonchev–Trinajstić information content (AvgIpc) is 2.45. The van der Waals surface area contributed by atoms with Gasteiger partial charge in [-0.25, -0.2) is 9.18 Å². The van der Waals surface area contributed by atoms with Crippen LogP contribution in [0, 0.1) is 11.7 Å². The Morgan fingerprint density at radius 1 is 1.38 bits per heavy atom. The number of thioether (sulfide) groups is 1. The number of aliphatic hydroxyl groups excluding tert-OH is 1. The Morgan fingerprint density at radius 2 is 2.10 bits per heavy atom. The first-order chi connectivity index (χ1) is 9.97. The summed E-state index contributed by atoms with van der Waals surface area (Å²) in [6, 6.07) is 4.19. The largest absolute Gasteiger partial charge is 0.396 e. The van der Waals surface area contributed by atoms with Crippen LogP contribution in [0.3, 0.4) is 0 Å². The molecule has 2 unspecified atom stereocenters. The molecule has 0 spiro atoms. The maximum absolute atomic E-state index is 13.2. The van der Waals surface area contributed by atoms with E-state index in [4.69, 9.17) is 5.11 Å². The van der Waals surface area contributed by atoms with E-state index in [2.05, 4.69) is 10.6 Å². The minimum Gasteiger partial charge on any atom is -0.396 e. The lowest BCUT2D eigenvalue weighted by Crippen LogP contribution is -2.44. The number of rotatable bonds is 7. The molecule has 0 saturated heterocycles. The summed E-state index contributed by atoms with van der Waals surface area (Å²) in [6.07, 6.45) is 1.95. The SMILES string of the molecule is CSCc1cc(F)ccc1CNC(=O)NC(C)C(C)CO. The monoisotopic (exact) mass is 314 g/mol. The topological polar surface area (TPSA) is 61.4 Å². The highest BCUT2D eigenvalue weighted by Crippen LogP contribution is 2.16. The van der Waals surface area contributed by atoms with Crippen molar-refractivity contribution in [2.24, 2.45) is 5.92 Å². The highest BCUT2D eigenvalue weighted by atomic mass is 32.2. The van der Waals surface area contributed by atoms with Crippen molar-refractivity contribution in [3.63, 3.8) is 0 Å². The van der Waals surface area contributed by atoms with Crippen LogP contribution in [-0.4, -0.2) is 30.0 Å². The van der Waals surface area contributed by atoms with Gasteiger partial charge in [-0.3, -0.25) is 0 Å². The second-order valence-electron chi connectivity index (χ2n) is 5.12. The predicted molar refractivity (Wildman–Crippen MR) is 84.7 cm³/mol. The minimum atomic E-state index is -0.290. The predicted octanol–water partition coefficient (Wildman–Crippen LogP) is 2.50. The number of aliphatic hydroxyl groups is 1. The zero-order valence-corrected chi connectivity index (χ0v) is 13.5. The van der Waals surface area contributed by atoms with Gasteiger partial charge in [0.1, 0.15) is 5.82 Å². The quantitative estimate of drug-likeness (QED) is 0.725. The van der Waals surface area contributed by atoms with E-state index < -0.39 is 0 Å². The lowest BCUT2D eigenvalue weighted by molar-refractivity contribution is 0.200. The van der Waals surface area contributed by atoms with Gasteiger partial charge in [0.25, 0.3) is 0 Å². The van der Waals surface area contributed by atoms with E-state index in [0.29, 0.717) is 12.3 Å².